The SMILES string of the molecule is COCCCn1c(N/N=C(/C)c2ccc(C)c([N+](=O)[O-])c2)nc2ccccc2c1=O. The topological polar surface area (TPSA) is 112 Å². The maximum absolute atomic E-state index is 12.9. The Kier molecular flexibility index (Phi) is 6.53. The Morgan fingerprint density at radius 3 is 2.80 bits per heavy atom. The Labute approximate surface area is 173 Å². The normalized spacial score (nSPS) is 11.6. The number of aromatic nitrogens is 2. The van der Waals surface area contributed by atoms with Crippen LogP contribution < -0.4 is 11.0 Å². The van der Waals surface area contributed by atoms with Crippen LogP contribution in [0.15, 0.2) is 52.4 Å². The molecule has 1 aromatic heterocycles. The molecular formula is C21H23N5O4. The molecule has 0 amide bonds. The van der Waals surface area contributed by atoms with Gasteiger partial charge in [0.1, 0.15) is 0 Å². The van der Waals surface area contributed by atoms with E-state index in [2.05, 4.69) is 15.5 Å². The zero-order valence-electron chi connectivity index (χ0n) is 17.1. The van der Waals surface area contributed by atoms with E-state index >= 15 is 0 Å². The van der Waals surface area contributed by atoms with Gasteiger partial charge in [-0.3, -0.25) is 19.5 Å². The molecule has 30 heavy (non-hydrogen) atoms. The number of nitrogens with one attached hydrogen (secondary N) is 1. The number of para-hydroxylation sites is 1. The quantitative estimate of drug-likeness (QED) is 0.264. The average molecular weight is 409 g/mol. The van der Waals surface area contributed by atoms with Crippen LogP contribution in [-0.2, 0) is 11.3 Å². The Balaban J connectivity index is 1.97. The number of fused-ring (bicyclic) bond motifs is 1. The highest BCUT2D eigenvalue weighted by Crippen LogP contribution is 2.20. The van der Waals surface area contributed by atoms with Crippen LogP contribution in [0.25, 0.3) is 10.9 Å². The second kappa shape index (κ2) is 9.27. The van der Waals surface area contributed by atoms with E-state index in [0.29, 0.717) is 53.3 Å². The number of nitro benzene ring substituents is 1. The first-order valence-electron chi connectivity index (χ1n) is 9.46. The second-order valence-electron chi connectivity index (χ2n) is 6.82. The van der Waals surface area contributed by atoms with Crippen molar-refractivity contribution in [2.75, 3.05) is 19.1 Å². The van der Waals surface area contributed by atoms with Crippen LogP contribution in [-0.4, -0.2) is 33.9 Å². The van der Waals surface area contributed by atoms with Crippen molar-refractivity contribution in [1.29, 1.82) is 0 Å². The van der Waals surface area contributed by atoms with Gasteiger partial charge in [0.25, 0.3) is 11.2 Å². The molecule has 2 aromatic carbocycles. The summed E-state index contributed by atoms with van der Waals surface area (Å²) < 4.78 is 6.61. The van der Waals surface area contributed by atoms with Crippen LogP contribution in [0, 0.1) is 17.0 Å². The molecule has 0 aliphatic rings. The molecule has 3 rings (SSSR count). The Bertz CT molecular complexity index is 1170. The molecule has 0 aliphatic carbocycles. The van der Waals surface area contributed by atoms with E-state index in [-0.39, 0.29) is 11.2 Å². The number of anilines is 1. The fourth-order valence-corrected chi connectivity index (χ4v) is 3.06. The number of hydrogen-bond acceptors (Lipinski definition) is 7. The smallest absolute Gasteiger partial charge is 0.272 e. The fraction of sp³-hybridized carbons (Fsp3) is 0.286. The molecule has 0 unspecified atom stereocenters. The van der Waals surface area contributed by atoms with Gasteiger partial charge in [-0.15, -0.1) is 0 Å². The van der Waals surface area contributed by atoms with Gasteiger partial charge in [0.05, 0.1) is 21.5 Å². The standard InChI is InChI=1S/C21H23N5O4/c1-14-9-10-16(13-19(14)26(28)29)15(2)23-24-21-22-18-8-5-4-7-17(18)20(27)25(21)11-6-12-30-3/h4-5,7-10,13H,6,11-12H2,1-3H3,(H,22,24)/b23-15-. The molecule has 0 saturated carbocycles. The Morgan fingerprint density at radius 2 is 2.07 bits per heavy atom. The number of benzene rings is 2. The number of methoxy groups -OCH3 is 1. The monoisotopic (exact) mass is 409 g/mol. The van der Waals surface area contributed by atoms with Crippen molar-refractivity contribution in [2.24, 2.45) is 5.10 Å². The number of hydrogen-bond donors (Lipinski definition) is 1. The van der Waals surface area contributed by atoms with Crippen LogP contribution in [0.5, 0.6) is 0 Å². The van der Waals surface area contributed by atoms with Gasteiger partial charge in [-0.05, 0) is 32.4 Å². The predicted octanol–water partition coefficient (Wildman–Crippen LogP) is 3.49. The first-order valence-corrected chi connectivity index (χ1v) is 9.46. The van der Waals surface area contributed by atoms with Crippen molar-refractivity contribution in [3.8, 4) is 0 Å². The molecule has 0 fully saturated rings. The van der Waals surface area contributed by atoms with E-state index in [4.69, 9.17) is 4.74 Å². The molecule has 0 aliphatic heterocycles. The number of ether oxygens (including phenoxy) is 1. The lowest BCUT2D eigenvalue weighted by molar-refractivity contribution is -0.385. The van der Waals surface area contributed by atoms with Crippen LogP contribution in [0.1, 0.15) is 24.5 Å². The number of nitrogens with zero attached hydrogens (tertiary/aromatic N) is 4. The molecule has 0 spiro atoms. The summed E-state index contributed by atoms with van der Waals surface area (Å²) in [5.41, 5.74) is 5.00. The highest BCUT2D eigenvalue weighted by atomic mass is 16.6. The van der Waals surface area contributed by atoms with Gasteiger partial charge < -0.3 is 4.74 Å². The van der Waals surface area contributed by atoms with Crippen molar-refractivity contribution in [2.45, 2.75) is 26.8 Å². The van der Waals surface area contributed by atoms with Crippen LogP contribution in [0.3, 0.4) is 0 Å². The Hall–Kier alpha value is -3.59. The summed E-state index contributed by atoms with van der Waals surface area (Å²) in [6.45, 7) is 4.34. The van der Waals surface area contributed by atoms with Gasteiger partial charge in [-0.1, -0.05) is 24.3 Å². The summed E-state index contributed by atoms with van der Waals surface area (Å²) in [6, 6.07) is 12.0. The minimum absolute atomic E-state index is 0.0300. The summed E-state index contributed by atoms with van der Waals surface area (Å²) in [7, 11) is 1.61. The van der Waals surface area contributed by atoms with E-state index in [9.17, 15) is 14.9 Å². The van der Waals surface area contributed by atoms with E-state index in [1.54, 1.807) is 51.3 Å². The molecule has 156 valence electrons. The number of nitro groups is 1. The van der Waals surface area contributed by atoms with E-state index in [1.165, 1.54) is 10.6 Å². The first kappa shape index (κ1) is 21.1. The lowest BCUT2D eigenvalue weighted by Gasteiger charge is -2.13. The Morgan fingerprint density at radius 1 is 1.30 bits per heavy atom. The molecule has 0 atom stereocenters. The number of hydrazone groups is 1. The summed E-state index contributed by atoms with van der Waals surface area (Å²) in [4.78, 5) is 28.3. The van der Waals surface area contributed by atoms with Crippen molar-refractivity contribution in [3.05, 3.63) is 74.1 Å². The molecule has 0 saturated heterocycles. The highest BCUT2D eigenvalue weighted by molar-refractivity contribution is 5.99. The summed E-state index contributed by atoms with van der Waals surface area (Å²) in [5, 5.41) is 16.0. The van der Waals surface area contributed by atoms with Gasteiger partial charge in [0.15, 0.2) is 0 Å². The maximum Gasteiger partial charge on any atom is 0.272 e. The molecule has 3 aromatic rings. The summed E-state index contributed by atoms with van der Waals surface area (Å²) >= 11 is 0. The zero-order valence-corrected chi connectivity index (χ0v) is 17.1. The molecule has 0 bridgehead atoms. The highest BCUT2D eigenvalue weighted by Gasteiger charge is 2.13. The van der Waals surface area contributed by atoms with Crippen LogP contribution >= 0.6 is 0 Å². The van der Waals surface area contributed by atoms with E-state index < -0.39 is 4.92 Å². The first-order chi connectivity index (χ1) is 14.4. The fourth-order valence-electron chi connectivity index (χ4n) is 3.06. The minimum Gasteiger partial charge on any atom is -0.385 e. The number of aryl methyl sites for hydroxylation is 1. The predicted molar refractivity (Wildman–Crippen MR) is 116 cm³/mol. The van der Waals surface area contributed by atoms with Crippen LogP contribution in [0.4, 0.5) is 11.6 Å². The second-order valence-corrected chi connectivity index (χ2v) is 6.82. The average Bonchev–Trinajstić information content (AvgIpc) is 2.74. The lowest BCUT2D eigenvalue weighted by atomic mass is 10.1. The van der Waals surface area contributed by atoms with Crippen molar-refractivity contribution in [3.63, 3.8) is 0 Å². The van der Waals surface area contributed by atoms with Gasteiger partial charge >= 0.3 is 0 Å². The van der Waals surface area contributed by atoms with E-state index in [0.717, 1.165) is 0 Å². The van der Waals surface area contributed by atoms with E-state index in [1.807, 2.05) is 6.07 Å². The van der Waals surface area contributed by atoms with Crippen LogP contribution in [0.2, 0.25) is 0 Å². The largest absolute Gasteiger partial charge is 0.385 e. The third-order valence-corrected chi connectivity index (χ3v) is 4.74. The summed E-state index contributed by atoms with van der Waals surface area (Å²) in [5.74, 6) is 0.302. The van der Waals surface area contributed by atoms with Crippen molar-refractivity contribution < 1.29 is 9.66 Å². The minimum atomic E-state index is -0.419. The molecule has 1 N–H and O–H groups in total. The molecular weight excluding hydrogens is 386 g/mol. The lowest BCUT2D eigenvalue weighted by Crippen LogP contribution is -2.25. The maximum atomic E-state index is 12.9. The summed E-state index contributed by atoms with van der Waals surface area (Å²) in [6.07, 6.45) is 0.637. The zero-order chi connectivity index (χ0) is 21.7. The van der Waals surface area contributed by atoms with Gasteiger partial charge in [-0.2, -0.15) is 5.10 Å². The van der Waals surface area contributed by atoms with Gasteiger partial charge in [0.2, 0.25) is 5.95 Å². The van der Waals surface area contributed by atoms with Crippen molar-refractivity contribution in [1.82, 2.24) is 9.55 Å². The number of rotatable bonds is 8. The molecule has 9 heteroatoms. The van der Waals surface area contributed by atoms with Crippen molar-refractivity contribution >= 4 is 28.3 Å². The van der Waals surface area contributed by atoms with Gasteiger partial charge in [-0.25, -0.2) is 10.4 Å². The third-order valence-electron chi connectivity index (χ3n) is 4.74. The molecule has 1 heterocycles. The molecule has 9 nitrogen and oxygen atoms in total. The third kappa shape index (κ3) is 4.52. The molecule has 0 radical (unpaired) electrons. The van der Waals surface area contributed by atoms with Gasteiger partial charge in [0, 0.05) is 37.5 Å².